The Hall–Kier alpha value is -1.97. The Morgan fingerprint density at radius 1 is 1.46 bits per heavy atom. The van der Waals surface area contributed by atoms with Crippen LogP contribution in [-0.4, -0.2) is 5.91 Å². The molecule has 1 aromatic carbocycles. The Balaban J connectivity index is 2.89. The summed E-state index contributed by atoms with van der Waals surface area (Å²) in [5, 5.41) is 2.76. The van der Waals surface area contributed by atoms with Gasteiger partial charge >= 0.3 is 0 Å². The molecule has 0 fully saturated rings. The first-order valence-electron chi connectivity index (χ1n) is 3.63. The summed E-state index contributed by atoms with van der Waals surface area (Å²) in [5.74, 6) is -0.524. The van der Waals surface area contributed by atoms with Gasteiger partial charge in [-0.25, -0.2) is 0 Å². The molecule has 0 radical (unpaired) electrons. The van der Waals surface area contributed by atoms with E-state index in [1.54, 1.807) is 24.3 Å². The van der Waals surface area contributed by atoms with Crippen molar-refractivity contribution in [1.82, 2.24) is 0 Å². The van der Waals surface area contributed by atoms with Crippen LogP contribution in [0.5, 0.6) is 0 Å². The van der Waals surface area contributed by atoms with E-state index in [0.717, 1.165) is 5.56 Å². The van der Waals surface area contributed by atoms with Gasteiger partial charge < -0.3 is 5.73 Å². The normalized spacial score (nSPS) is 10.2. The van der Waals surface area contributed by atoms with Crippen molar-refractivity contribution in [3.8, 4) is 0 Å². The van der Waals surface area contributed by atoms with Gasteiger partial charge in [-0.05, 0) is 28.9 Å². The molecule has 0 unspecified atom stereocenters. The highest BCUT2D eigenvalue weighted by Gasteiger charge is 1.92. The zero-order valence-corrected chi connectivity index (χ0v) is 6.81. The number of benzene rings is 1. The second-order valence-corrected chi connectivity index (χ2v) is 2.42. The quantitative estimate of drug-likeness (QED) is 0.561. The van der Waals surface area contributed by atoms with Crippen molar-refractivity contribution in [2.45, 2.75) is 0 Å². The summed E-state index contributed by atoms with van der Waals surface area (Å²) in [6.07, 6.45) is 2.75. The number of carbonyl (C=O) groups is 1. The highest BCUT2D eigenvalue weighted by molar-refractivity contribution is 5.90. The summed E-state index contributed by atoms with van der Waals surface area (Å²) in [4.78, 5) is 20.5. The molecule has 0 atom stereocenters. The van der Waals surface area contributed by atoms with Crippen molar-refractivity contribution in [3.05, 3.63) is 40.8 Å². The van der Waals surface area contributed by atoms with Gasteiger partial charge in [0, 0.05) is 6.08 Å². The molecule has 0 bridgehead atoms. The predicted molar refractivity (Wildman–Crippen MR) is 50.1 cm³/mol. The first kappa shape index (κ1) is 9.12. The third-order valence-electron chi connectivity index (χ3n) is 1.42. The largest absolute Gasteiger partial charge is 0.366 e. The molecule has 0 aliphatic carbocycles. The Morgan fingerprint density at radius 2 is 2.23 bits per heavy atom. The maximum atomic E-state index is 10.4. The topological polar surface area (TPSA) is 72.5 Å². The van der Waals surface area contributed by atoms with Gasteiger partial charge in [0.05, 0.1) is 0 Å². The molecule has 1 amide bonds. The van der Waals surface area contributed by atoms with E-state index in [1.807, 2.05) is 0 Å². The van der Waals surface area contributed by atoms with Gasteiger partial charge in [-0.2, -0.15) is 0 Å². The van der Waals surface area contributed by atoms with E-state index in [0.29, 0.717) is 5.69 Å². The van der Waals surface area contributed by atoms with Gasteiger partial charge in [0.25, 0.3) is 0 Å². The number of amides is 1. The Labute approximate surface area is 75.0 Å². The van der Waals surface area contributed by atoms with Crippen LogP contribution in [0.25, 0.3) is 6.08 Å². The van der Waals surface area contributed by atoms with E-state index in [-0.39, 0.29) is 0 Å². The van der Waals surface area contributed by atoms with Crippen molar-refractivity contribution in [2.24, 2.45) is 10.9 Å². The molecule has 0 aliphatic heterocycles. The van der Waals surface area contributed by atoms with Crippen LogP contribution in [0.3, 0.4) is 0 Å². The number of primary amides is 1. The van der Waals surface area contributed by atoms with Gasteiger partial charge in [-0.3, -0.25) is 4.79 Å². The fourth-order valence-electron chi connectivity index (χ4n) is 0.864. The summed E-state index contributed by atoms with van der Waals surface area (Å²) in [6.45, 7) is 0. The lowest BCUT2D eigenvalue weighted by molar-refractivity contribution is -0.113. The Morgan fingerprint density at radius 3 is 2.85 bits per heavy atom. The molecule has 13 heavy (non-hydrogen) atoms. The number of hydrogen-bond acceptors (Lipinski definition) is 3. The molecule has 0 saturated carbocycles. The summed E-state index contributed by atoms with van der Waals surface area (Å²) >= 11 is 0. The van der Waals surface area contributed by atoms with Crippen molar-refractivity contribution in [2.75, 3.05) is 0 Å². The number of nitrogens with two attached hydrogens (primary N) is 1. The van der Waals surface area contributed by atoms with Crippen LogP contribution in [0, 0.1) is 4.91 Å². The maximum absolute atomic E-state index is 10.4. The molecule has 4 heteroatoms. The third-order valence-corrected chi connectivity index (χ3v) is 1.42. The van der Waals surface area contributed by atoms with Gasteiger partial charge in [0.1, 0.15) is 5.69 Å². The minimum Gasteiger partial charge on any atom is -0.366 e. The van der Waals surface area contributed by atoms with E-state index in [9.17, 15) is 9.70 Å². The zero-order chi connectivity index (χ0) is 9.68. The van der Waals surface area contributed by atoms with Crippen LogP contribution < -0.4 is 5.73 Å². The summed E-state index contributed by atoms with van der Waals surface area (Å²) in [7, 11) is 0. The number of nitrogens with zero attached hydrogens (tertiary/aromatic N) is 1. The second-order valence-electron chi connectivity index (χ2n) is 2.42. The molecule has 0 heterocycles. The van der Waals surface area contributed by atoms with Crippen LogP contribution >= 0.6 is 0 Å². The third kappa shape index (κ3) is 2.86. The van der Waals surface area contributed by atoms with Crippen molar-refractivity contribution in [1.29, 1.82) is 0 Å². The van der Waals surface area contributed by atoms with Crippen molar-refractivity contribution in [3.63, 3.8) is 0 Å². The monoisotopic (exact) mass is 176 g/mol. The summed E-state index contributed by atoms with van der Waals surface area (Å²) in [6, 6.07) is 6.56. The lowest BCUT2D eigenvalue weighted by Crippen LogP contribution is -2.04. The van der Waals surface area contributed by atoms with Gasteiger partial charge in [-0.15, -0.1) is 4.91 Å². The van der Waals surface area contributed by atoms with Crippen LogP contribution in [0.1, 0.15) is 5.56 Å². The second kappa shape index (κ2) is 4.15. The van der Waals surface area contributed by atoms with Crippen LogP contribution in [0.2, 0.25) is 0 Å². The number of carbonyl (C=O) groups excluding carboxylic acids is 1. The predicted octanol–water partition coefficient (Wildman–Crippen LogP) is 1.58. The first-order chi connectivity index (χ1) is 6.22. The van der Waals surface area contributed by atoms with E-state index in [1.165, 1.54) is 12.2 Å². The molecule has 0 saturated heterocycles. The van der Waals surface area contributed by atoms with E-state index < -0.39 is 5.91 Å². The van der Waals surface area contributed by atoms with E-state index in [4.69, 9.17) is 5.73 Å². The Kier molecular flexibility index (Phi) is 2.92. The van der Waals surface area contributed by atoms with Crippen molar-refractivity contribution >= 4 is 17.7 Å². The number of hydrogen-bond donors (Lipinski definition) is 1. The smallest absolute Gasteiger partial charge is 0.241 e. The first-order valence-corrected chi connectivity index (χ1v) is 3.63. The molecule has 4 nitrogen and oxygen atoms in total. The lowest BCUT2D eigenvalue weighted by Gasteiger charge is -1.92. The average Bonchev–Trinajstić information content (AvgIpc) is 2.15. The fourth-order valence-corrected chi connectivity index (χ4v) is 0.864. The molecule has 0 aromatic heterocycles. The van der Waals surface area contributed by atoms with Crippen molar-refractivity contribution < 1.29 is 4.79 Å². The fraction of sp³-hybridized carbons (Fsp3) is 0. The minimum absolute atomic E-state index is 0.326. The molecule has 1 aromatic rings. The highest BCUT2D eigenvalue weighted by atomic mass is 16.3. The molecular formula is C9H8N2O2. The Bertz CT molecular complexity index is 358. The van der Waals surface area contributed by atoms with Gasteiger partial charge in [-0.1, -0.05) is 12.1 Å². The summed E-state index contributed by atoms with van der Waals surface area (Å²) < 4.78 is 0. The molecule has 1 rings (SSSR count). The molecule has 0 spiro atoms. The average molecular weight is 176 g/mol. The molecule has 2 N–H and O–H groups in total. The molecule has 0 aliphatic rings. The van der Waals surface area contributed by atoms with Crippen LogP contribution in [0.4, 0.5) is 5.69 Å². The van der Waals surface area contributed by atoms with E-state index >= 15 is 0 Å². The van der Waals surface area contributed by atoms with Gasteiger partial charge in [0.2, 0.25) is 5.91 Å². The summed E-state index contributed by atoms with van der Waals surface area (Å²) in [5.41, 5.74) is 5.94. The molecule has 66 valence electrons. The number of nitroso groups, excluding NO2 is 1. The standard InChI is InChI=1S/C9H8N2O2/c10-9(12)5-4-7-2-1-3-8(6-7)11-13/h1-6H,(H2,10,12)/b5-4+. The molecular weight excluding hydrogens is 168 g/mol. The van der Waals surface area contributed by atoms with Crippen LogP contribution in [0.15, 0.2) is 35.5 Å². The lowest BCUT2D eigenvalue weighted by atomic mass is 10.2. The maximum Gasteiger partial charge on any atom is 0.241 e. The SMILES string of the molecule is NC(=O)/C=C/c1cccc(N=O)c1. The zero-order valence-electron chi connectivity index (χ0n) is 6.81. The highest BCUT2D eigenvalue weighted by Crippen LogP contribution is 2.14. The van der Waals surface area contributed by atoms with E-state index in [2.05, 4.69) is 5.18 Å². The minimum atomic E-state index is -0.524. The van der Waals surface area contributed by atoms with Gasteiger partial charge in [0.15, 0.2) is 0 Å². The van der Waals surface area contributed by atoms with Crippen LogP contribution in [-0.2, 0) is 4.79 Å². The number of rotatable bonds is 3.